The SMILES string of the molecule is CCN(CC)CCNCCCC1CCCCC1. The van der Waals surface area contributed by atoms with Gasteiger partial charge in [-0.25, -0.2) is 0 Å². The summed E-state index contributed by atoms with van der Waals surface area (Å²) in [7, 11) is 0. The fraction of sp³-hybridized carbons (Fsp3) is 1.00. The normalized spacial score (nSPS) is 17.8. The lowest BCUT2D eigenvalue weighted by Crippen LogP contribution is -2.32. The standard InChI is InChI=1S/C15H32N2/c1-3-17(4-2)14-13-16-12-8-11-15-9-6-5-7-10-15/h15-16H,3-14H2,1-2H3. The van der Waals surface area contributed by atoms with Gasteiger partial charge in [-0.2, -0.15) is 0 Å². The Balaban J connectivity index is 1.86. The Morgan fingerprint density at radius 2 is 1.71 bits per heavy atom. The van der Waals surface area contributed by atoms with E-state index >= 15 is 0 Å². The highest BCUT2D eigenvalue weighted by Crippen LogP contribution is 2.26. The molecule has 0 aliphatic heterocycles. The third-order valence-corrected chi connectivity index (χ3v) is 4.19. The molecule has 1 aliphatic rings. The molecule has 17 heavy (non-hydrogen) atoms. The second kappa shape index (κ2) is 9.90. The van der Waals surface area contributed by atoms with Gasteiger partial charge in [-0.05, 0) is 38.4 Å². The first-order valence-corrected chi connectivity index (χ1v) is 7.79. The van der Waals surface area contributed by atoms with Gasteiger partial charge < -0.3 is 10.2 Å². The maximum Gasteiger partial charge on any atom is 0.0107 e. The van der Waals surface area contributed by atoms with Gasteiger partial charge in [0.2, 0.25) is 0 Å². The van der Waals surface area contributed by atoms with Gasteiger partial charge in [0.05, 0.1) is 0 Å². The predicted molar refractivity (Wildman–Crippen MR) is 76.5 cm³/mol. The van der Waals surface area contributed by atoms with Crippen LogP contribution in [0.5, 0.6) is 0 Å². The van der Waals surface area contributed by atoms with Crippen LogP contribution in [0.2, 0.25) is 0 Å². The largest absolute Gasteiger partial charge is 0.315 e. The molecule has 0 amide bonds. The van der Waals surface area contributed by atoms with E-state index in [1.165, 1.54) is 71.1 Å². The van der Waals surface area contributed by atoms with Crippen molar-refractivity contribution in [3.05, 3.63) is 0 Å². The summed E-state index contributed by atoms with van der Waals surface area (Å²) >= 11 is 0. The van der Waals surface area contributed by atoms with Crippen molar-refractivity contribution in [3.8, 4) is 0 Å². The second-order valence-corrected chi connectivity index (χ2v) is 5.42. The van der Waals surface area contributed by atoms with E-state index < -0.39 is 0 Å². The number of likely N-dealkylation sites (N-methyl/N-ethyl adjacent to an activating group) is 1. The highest BCUT2D eigenvalue weighted by Gasteiger charge is 2.12. The first-order chi connectivity index (χ1) is 8.36. The zero-order chi connectivity index (χ0) is 12.3. The van der Waals surface area contributed by atoms with E-state index in [0.717, 1.165) is 12.5 Å². The molecule has 0 aromatic carbocycles. The smallest absolute Gasteiger partial charge is 0.0107 e. The minimum absolute atomic E-state index is 1.05. The third kappa shape index (κ3) is 7.05. The summed E-state index contributed by atoms with van der Waals surface area (Å²) in [5, 5.41) is 3.58. The van der Waals surface area contributed by atoms with E-state index in [0.29, 0.717) is 0 Å². The molecule has 1 rings (SSSR count). The molecule has 0 radical (unpaired) electrons. The van der Waals surface area contributed by atoms with Crippen LogP contribution in [-0.2, 0) is 0 Å². The maximum absolute atomic E-state index is 3.58. The highest BCUT2D eigenvalue weighted by atomic mass is 15.1. The van der Waals surface area contributed by atoms with Crippen LogP contribution in [0.15, 0.2) is 0 Å². The van der Waals surface area contributed by atoms with Crippen molar-refractivity contribution in [2.24, 2.45) is 5.92 Å². The van der Waals surface area contributed by atoms with Crippen LogP contribution in [0.3, 0.4) is 0 Å². The van der Waals surface area contributed by atoms with E-state index in [-0.39, 0.29) is 0 Å². The van der Waals surface area contributed by atoms with E-state index in [1.807, 2.05) is 0 Å². The minimum atomic E-state index is 1.05. The summed E-state index contributed by atoms with van der Waals surface area (Å²) in [6, 6.07) is 0. The number of hydrogen-bond donors (Lipinski definition) is 1. The Bertz CT molecular complexity index is 160. The molecule has 0 heterocycles. The molecule has 1 saturated carbocycles. The van der Waals surface area contributed by atoms with Crippen LogP contribution < -0.4 is 5.32 Å². The number of nitrogens with one attached hydrogen (secondary N) is 1. The van der Waals surface area contributed by atoms with Crippen molar-refractivity contribution in [3.63, 3.8) is 0 Å². The van der Waals surface area contributed by atoms with E-state index in [1.54, 1.807) is 0 Å². The molecule has 102 valence electrons. The second-order valence-electron chi connectivity index (χ2n) is 5.42. The average Bonchev–Trinajstić information content (AvgIpc) is 2.39. The molecule has 2 nitrogen and oxygen atoms in total. The van der Waals surface area contributed by atoms with Gasteiger partial charge in [-0.15, -0.1) is 0 Å². The molecule has 0 bridgehead atoms. The van der Waals surface area contributed by atoms with Crippen LogP contribution in [0.4, 0.5) is 0 Å². The Morgan fingerprint density at radius 3 is 2.35 bits per heavy atom. The summed E-state index contributed by atoms with van der Waals surface area (Å²) < 4.78 is 0. The van der Waals surface area contributed by atoms with Crippen molar-refractivity contribution in [2.45, 2.75) is 58.8 Å². The van der Waals surface area contributed by atoms with E-state index in [9.17, 15) is 0 Å². The monoisotopic (exact) mass is 240 g/mol. The van der Waals surface area contributed by atoms with Crippen LogP contribution in [0, 0.1) is 5.92 Å². The van der Waals surface area contributed by atoms with Gasteiger partial charge in [0, 0.05) is 13.1 Å². The fourth-order valence-corrected chi connectivity index (χ4v) is 2.89. The first kappa shape index (κ1) is 15.0. The maximum atomic E-state index is 3.58. The lowest BCUT2D eigenvalue weighted by atomic mass is 9.86. The fourth-order valence-electron chi connectivity index (χ4n) is 2.89. The molecular formula is C15H32N2. The van der Waals surface area contributed by atoms with E-state index in [2.05, 4.69) is 24.1 Å². The molecule has 0 atom stereocenters. The number of hydrogen-bond acceptors (Lipinski definition) is 2. The summed E-state index contributed by atoms with van der Waals surface area (Å²) in [6.07, 6.45) is 10.3. The summed E-state index contributed by atoms with van der Waals surface area (Å²) in [5.74, 6) is 1.05. The molecule has 0 unspecified atom stereocenters. The Hall–Kier alpha value is -0.0800. The molecular weight excluding hydrogens is 208 g/mol. The molecule has 2 heteroatoms. The lowest BCUT2D eigenvalue weighted by molar-refractivity contribution is 0.298. The summed E-state index contributed by atoms with van der Waals surface area (Å²) in [6.45, 7) is 10.4. The molecule has 0 aromatic heterocycles. The highest BCUT2D eigenvalue weighted by molar-refractivity contribution is 4.66. The summed E-state index contributed by atoms with van der Waals surface area (Å²) in [4.78, 5) is 2.48. The predicted octanol–water partition coefficient (Wildman–Crippen LogP) is 3.28. The van der Waals surface area contributed by atoms with Crippen molar-refractivity contribution in [1.29, 1.82) is 0 Å². The average molecular weight is 240 g/mol. The van der Waals surface area contributed by atoms with Crippen molar-refractivity contribution >= 4 is 0 Å². The van der Waals surface area contributed by atoms with Gasteiger partial charge in [0.1, 0.15) is 0 Å². The van der Waals surface area contributed by atoms with Gasteiger partial charge >= 0.3 is 0 Å². The number of rotatable bonds is 9. The van der Waals surface area contributed by atoms with Crippen LogP contribution in [0.25, 0.3) is 0 Å². The van der Waals surface area contributed by atoms with Gasteiger partial charge in [-0.1, -0.05) is 46.0 Å². The molecule has 1 fully saturated rings. The minimum Gasteiger partial charge on any atom is -0.315 e. The van der Waals surface area contributed by atoms with Crippen molar-refractivity contribution in [2.75, 3.05) is 32.7 Å². The van der Waals surface area contributed by atoms with E-state index in [4.69, 9.17) is 0 Å². The van der Waals surface area contributed by atoms with Crippen LogP contribution >= 0.6 is 0 Å². The number of nitrogens with zero attached hydrogens (tertiary/aromatic N) is 1. The Kier molecular flexibility index (Phi) is 8.72. The zero-order valence-electron chi connectivity index (χ0n) is 12.0. The third-order valence-electron chi connectivity index (χ3n) is 4.19. The van der Waals surface area contributed by atoms with Crippen LogP contribution in [-0.4, -0.2) is 37.6 Å². The molecule has 0 saturated heterocycles. The Labute approximate surface area is 108 Å². The van der Waals surface area contributed by atoms with Gasteiger partial charge in [-0.3, -0.25) is 0 Å². The zero-order valence-corrected chi connectivity index (χ0v) is 12.0. The van der Waals surface area contributed by atoms with Gasteiger partial charge in [0.15, 0.2) is 0 Å². The van der Waals surface area contributed by atoms with Crippen LogP contribution in [0.1, 0.15) is 58.8 Å². The molecule has 1 N–H and O–H groups in total. The topological polar surface area (TPSA) is 15.3 Å². The quantitative estimate of drug-likeness (QED) is 0.622. The molecule has 0 spiro atoms. The lowest BCUT2D eigenvalue weighted by Gasteiger charge is -2.21. The molecule has 0 aromatic rings. The van der Waals surface area contributed by atoms with Gasteiger partial charge in [0.25, 0.3) is 0 Å². The summed E-state index contributed by atoms with van der Waals surface area (Å²) in [5.41, 5.74) is 0. The van der Waals surface area contributed by atoms with Crippen molar-refractivity contribution in [1.82, 2.24) is 10.2 Å². The first-order valence-electron chi connectivity index (χ1n) is 7.79. The van der Waals surface area contributed by atoms with Crippen molar-refractivity contribution < 1.29 is 0 Å². The molecule has 1 aliphatic carbocycles. The Morgan fingerprint density at radius 1 is 1.00 bits per heavy atom.